The van der Waals surface area contributed by atoms with E-state index in [0.717, 1.165) is 36.8 Å². The second-order valence-corrected chi connectivity index (χ2v) is 15.0. The van der Waals surface area contributed by atoms with Gasteiger partial charge in [0.1, 0.15) is 6.04 Å². The van der Waals surface area contributed by atoms with Crippen molar-refractivity contribution in [3.05, 3.63) is 89.5 Å². The van der Waals surface area contributed by atoms with Crippen molar-refractivity contribution in [1.29, 1.82) is 0 Å². The third-order valence-electron chi connectivity index (χ3n) is 8.82. The van der Waals surface area contributed by atoms with Gasteiger partial charge in [-0.05, 0) is 83.9 Å². The first-order chi connectivity index (χ1) is 22.3. The lowest BCUT2D eigenvalue weighted by molar-refractivity contribution is -0.134. The van der Waals surface area contributed by atoms with Crippen LogP contribution in [0, 0.1) is 5.92 Å². The first kappa shape index (κ1) is 35.6. The van der Waals surface area contributed by atoms with E-state index < -0.39 is 16.1 Å². The highest BCUT2D eigenvalue weighted by molar-refractivity contribution is 7.89. The van der Waals surface area contributed by atoms with E-state index in [1.165, 1.54) is 11.6 Å². The zero-order valence-corrected chi connectivity index (χ0v) is 28.5. The highest BCUT2D eigenvalue weighted by atomic mass is 32.2. The van der Waals surface area contributed by atoms with Gasteiger partial charge in [-0.3, -0.25) is 9.59 Å². The molecule has 1 aliphatic rings. The molecular formula is C36H47N5O5S. The summed E-state index contributed by atoms with van der Waals surface area (Å²) in [4.78, 5) is 27.4. The van der Waals surface area contributed by atoms with Crippen LogP contribution in [0.3, 0.4) is 0 Å². The molecule has 5 N–H and O–H groups in total. The van der Waals surface area contributed by atoms with Gasteiger partial charge in [0.2, 0.25) is 21.8 Å². The van der Waals surface area contributed by atoms with Crippen molar-refractivity contribution in [3.8, 4) is 11.1 Å². The topological polar surface area (TPSA) is 154 Å². The van der Waals surface area contributed by atoms with Gasteiger partial charge >= 0.3 is 0 Å². The Hall–Kier alpha value is -4.22. The van der Waals surface area contributed by atoms with Gasteiger partial charge in [0.25, 0.3) is 0 Å². The first-order valence-electron chi connectivity index (χ1n) is 16.1. The van der Waals surface area contributed by atoms with E-state index in [-0.39, 0.29) is 34.4 Å². The van der Waals surface area contributed by atoms with E-state index in [1.807, 2.05) is 18.2 Å². The molecule has 0 aromatic heterocycles. The fraction of sp³-hybridized carbons (Fsp3) is 0.417. The number of amides is 2. The SMILES string of the molecule is CNC(=O)CCCC1CCN(C(=O)[C@@H](Cc2cccc(/C(N)=N/O)c2)NS(=O)(=O)c2cccc(-c3ccc(C(C)(C)C)cc3)c2)CC1. The van der Waals surface area contributed by atoms with E-state index in [4.69, 9.17) is 10.9 Å². The number of piperidine rings is 1. The molecular weight excluding hydrogens is 614 g/mol. The predicted molar refractivity (Wildman–Crippen MR) is 185 cm³/mol. The second kappa shape index (κ2) is 15.6. The molecule has 252 valence electrons. The number of oxime groups is 1. The standard InChI is InChI=1S/C36H47N5O5S/c1-36(2,3)30-16-14-27(15-17-30)28-10-7-12-31(24-28)47(45,46)40-32(23-26-9-5-11-29(22-26)34(37)39-44)35(43)41-20-18-25(19-21-41)8-6-13-33(42)38-4/h5,7,9-12,14-17,22,24-25,32,40,44H,6,8,13,18-21,23H2,1-4H3,(H2,37,39)(H,38,42)/t32-/m1/s1. The highest BCUT2D eigenvalue weighted by Gasteiger charge is 2.32. The zero-order valence-electron chi connectivity index (χ0n) is 27.7. The van der Waals surface area contributed by atoms with Gasteiger partial charge in [-0.15, -0.1) is 0 Å². The molecule has 11 heteroatoms. The lowest BCUT2D eigenvalue weighted by Crippen LogP contribution is -2.51. The fourth-order valence-corrected chi connectivity index (χ4v) is 7.16. The van der Waals surface area contributed by atoms with Crippen LogP contribution in [0.5, 0.6) is 0 Å². The van der Waals surface area contributed by atoms with Gasteiger partial charge in [0.05, 0.1) is 4.90 Å². The number of carbonyl (C=O) groups excluding carboxylic acids is 2. The average Bonchev–Trinajstić information content (AvgIpc) is 3.07. The van der Waals surface area contributed by atoms with Gasteiger partial charge < -0.3 is 21.2 Å². The van der Waals surface area contributed by atoms with Crippen LogP contribution in [0.25, 0.3) is 11.1 Å². The monoisotopic (exact) mass is 661 g/mol. The Morgan fingerprint density at radius 1 is 1.00 bits per heavy atom. The quantitative estimate of drug-likeness (QED) is 0.0948. The van der Waals surface area contributed by atoms with Crippen LogP contribution in [0.2, 0.25) is 0 Å². The molecule has 0 saturated carbocycles. The number of carbonyl (C=O) groups is 2. The Labute approximate surface area is 278 Å². The lowest BCUT2D eigenvalue weighted by Gasteiger charge is -2.34. The number of hydrogen-bond acceptors (Lipinski definition) is 6. The Bertz CT molecular complexity index is 1670. The molecule has 47 heavy (non-hydrogen) atoms. The van der Waals surface area contributed by atoms with Crippen LogP contribution in [-0.2, 0) is 31.4 Å². The summed E-state index contributed by atoms with van der Waals surface area (Å²) < 4.78 is 30.5. The molecule has 0 radical (unpaired) electrons. The normalized spacial score (nSPS) is 15.3. The van der Waals surface area contributed by atoms with Gasteiger partial charge in [-0.1, -0.05) is 80.5 Å². The maximum Gasteiger partial charge on any atom is 0.241 e. The number of nitrogens with one attached hydrogen (secondary N) is 2. The van der Waals surface area contributed by atoms with E-state index in [1.54, 1.807) is 48.3 Å². The number of benzene rings is 3. The largest absolute Gasteiger partial charge is 0.409 e. The number of rotatable bonds is 12. The average molecular weight is 662 g/mol. The molecule has 1 heterocycles. The summed E-state index contributed by atoms with van der Waals surface area (Å²) in [5.74, 6) is 0.0333. The maximum absolute atomic E-state index is 14.0. The van der Waals surface area contributed by atoms with Gasteiger partial charge in [0.15, 0.2) is 5.84 Å². The van der Waals surface area contributed by atoms with Crippen molar-refractivity contribution < 1.29 is 23.2 Å². The number of likely N-dealkylation sites (tertiary alicyclic amines) is 1. The minimum atomic E-state index is -4.11. The molecule has 4 rings (SSSR count). The van der Waals surface area contributed by atoms with Crippen LogP contribution < -0.4 is 15.8 Å². The van der Waals surface area contributed by atoms with E-state index in [9.17, 15) is 18.0 Å². The van der Waals surface area contributed by atoms with E-state index in [2.05, 4.69) is 48.1 Å². The summed E-state index contributed by atoms with van der Waals surface area (Å²) >= 11 is 0. The van der Waals surface area contributed by atoms with E-state index >= 15 is 0 Å². The Morgan fingerprint density at radius 2 is 1.68 bits per heavy atom. The van der Waals surface area contributed by atoms with Crippen LogP contribution in [-0.4, -0.2) is 62.4 Å². The minimum absolute atomic E-state index is 0.00657. The zero-order chi connectivity index (χ0) is 34.2. The van der Waals surface area contributed by atoms with Crippen molar-refractivity contribution in [2.75, 3.05) is 20.1 Å². The molecule has 1 atom stereocenters. The van der Waals surface area contributed by atoms with Crippen LogP contribution >= 0.6 is 0 Å². The number of nitrogens with zero attached hydrogens (tertiary/aromatic N) is 2. The van der Waals surface area contributed by atoms with Gasteiger partial charge in [-0.25, -0.2) is 8.42 Å². The van der Waals surface area contributed by atoms with Crippen molar-refractivity contribution >= 4 is 27.7 Å². The second-order valence-electron chi connectivity index (χ2n) is 13.3. The third kappa shape index (κ3) is 9.65. The Balaban J connectivity index is 1.55. The molecule has 3 aromatic carbocycles. The maximum atomic E-state index is 14.0. The summed E-state index contributed by atoms with van der Waals surface area (Å²) in [6.07, 6.45) is 3.82. The molecule has 0 unspecified atom stereocenters. The van der Waals surface area contributed by atoms with Crippen LogP contribution in [0.15, 0.2) is 82.8 Å². The Kier molecular flexibility index (Phi) is 11.8. The van der Waals surface area contributed by atoms with Crippen molar-refractivity contribution in [2.45, 2.75) is 75.6 Å². The number of sulfonamides is 1. The van der Waals surface area contributed by atoms with Gasteiger partial charge in [0, 0.05) is 32.1 Å². The molecule has 1 saturated heterocycles. The third-order valence-corrected chi connectivity index (χ3v) is 10.3. The predicted octanol–water partition coefficient (Wildman–Crippen LogP) is 4.79. The molecule has 0 bridgehead atoms. The summed E-state index contributed by atoms with van der Waals surface area (Å²) in [7, 11) is -2.48. The molecule has 0 aliphatic carbocycles. The molecule has 1 aliphatic heterocycles. The molecule has 10 nitrogen and oxygen atoms in total. The van der Waals surface area contributed by atoms with Crippen molar-refractivity contribution in [3.63, 3.8) is 0 Å². The summed E-state index contributed by atoms with van der Waals surface area (Å²) in [5.41, 5.74) is 9.73. The number of nitrogens with two attached hydrogens (primary N) is 1. The fourth-order valence-electron chi connectivity index (χ4n) is 5.93. The molecule has 0 spiro atoms. The summed E-state index contributed by atoms with van der Waals surface area (Å²) in [6, 6.07) is 20.6. The van der Waals surface area contributed by atoms with Crippen molar-refractivity contribution in [1.82, 2.24) is 14.9 Å². The van der Waals surface area contributed by atoms with Crippen molar-refractivity contribution in [2.24, 2.45) is 16.8 Å². The Morgan fingerprint density at radius 3 is 2.32 bits per heavy atom. The first-order valence-corrected chi connectivity index (χ1v) is 17.6. The number of amidine groups is 1. The molecule has 3 aromatic rings. The van der Waals surface area contributed by atoms with Gasteiger partial charge in [-0.2, -0.15) is 4.72 Å². The molecule has 1 fully saturated rings. The van der Waals surface area contributed by atoms with Crippen LogP contribution in [0.1, 0.15) is 69.6 Å². The highest BCUT2D eigenvalue weighted by Crippen LogP contribution is 2.28. The lowest BCUT2D eigenvalue weighted by atomic mass is 9.86. The molecule has 2 amide bonds. The summed E-state index contributed by atoms with van der Waals surface area (Å²) in [5, 5.41) is 14.9. The summed E-state index contributed by atoms with van der Waals surface area (Å²) in [6.45, 7) is 7.43. The van der Waals surface area contributed by atoms with E-state index in [0.29, 0.717) is 36.6 Å². The smallest absolute Gasteiger partial charge is 0.241 e. The van der Waals surface area contributed by atoms with Crippen LogP contribution in [0.4, 0.5) is 0 Å². The minimum Gasteiger partial charge on any atom is -0.409 e. The number of hydrogen-bond donors (Lipinski definition) is 4.